The van der Waals surface area contributed by atoms with Crippen molar-refractivity contribution in [2.75, 3.05) is 31.3 Å². The number of hydrogen-bond donors (Lipinski definition) is 2. The van der Waals surface area contributed by atoms with Gasteiger partial charge in [0.1, 0.15) is 18.5 Å². The molecule has 0 spiro atoms. The Labute approximate surface area is 111 Å². The first-order valence-corrected chi connectivity index (χ1v) is 5.89. The van der Waals surface area contributed by atoms with Crippen LogP contribution in [0.2, 0.25) is 0 Å². The molecule has 19 heavy (non-hydrogen) atoms. The number of aryl methyl sites for hydroxylation is 1. The molecule has 0 aliphatic heterocycles. The molecular weight excluding hydrogens is 246 g/mol. The summed E-state index contributed by atoms with van der Waals surface area (Å²) in [6, 6.07) is 0. The number of hydrogen-bond acceptors (Lipinski definition) is 7. The van der Waals surface area contributed by atoms with Crippen LogP contribution < -0.4 is 15.4 Å². The highest BCUT2D eigenvalue weighted by atomic mass is 16.5. The summed E-state index contributed by atoms with van der Waals surface area (Å²) < 4.78 is 7.18. The lowest BCUT2D eigenvalue weighted by molar-refractivity contribution is 0.415. The number of methoxy groups -OCH3 is 1. The summed E-state index contributed by atoms with van der Waals surface area (Å²) in [6.45, 7) is 0.684. The third kappa shape index (κ3) is 2.90. The fraction of sp³-hybridized carbons (Fsp3) is 0.455. The number of rotatable bonds is 6. The molecule has 2 heterocycles. The Morgan fingerprint density at radius 1 is 1.32 bits per heavy atom. The van der Waals surface area contributed by atoms with Crippen molar-refractivity contribution in [2.45, 2.75) is 6.42 Å². The van der Waals surface area contributed by atoms with E-state index in [1.807, 2.05) is 11.6 Å². The molecule has 2 aromatic rings. The van der Waals surface area contributed by atoms with Crippen molar-refractivity contribution in [1.29, 1.82) is 0 Å². The lowest BCUT2D eigenvalue weighted by Crippen LogP contribution is -2.11. The van der Waals surface area contributed by atoms with Gasteiger partial charge in [0, 0.05) is 27.1 Å². The van der Waals surface area contributed by atoms with E-state index in [0.717, 1.165) is 12.2 Å². The lowest BCUT2D eigenvalue weighted by Gasteiger charge is -2.12. The summed E-state index contributed by atoms with van der Waals surface area (Å²) >= 11 is 0. The van der Waals surface area contributed by atoms with Crippen molar-refractivity contribution in [2.24, 2.45) is 7.05 Å². The van der Waals surface area contributed by atoms with Crippen LogP contribution >= 0.6 is 0 Å². The first-order chi connectivity index (χ1) is 9.26. The zero-order valence-electron chi connectivity index (χ0n) is 11.2. The molecule has 2 aromatic heterocycles. The van der Waals surface area contributed by atoms with Crippen LogP contribution in [0, 0.1) is 0 Å². The molecule has 0 amide bonds. The van der Waals surface area contributed by atoms with Crippen molar-refractivity contribution in [3.63, 3.8) is 0 Å². The van der Waals surface area contributed by atoms with Crippen molar-refractivity contribution in [1.82, 2.24) is 24.7 Å². The van der Waals surface area contributed by atoms with Gasteiger partial charge in [-0.05, 0) is 0 Å². The molecule has 8 heteroatoms. The highest BCUT2D eigenvalue weighted by molar-refractivity contribution is 5.63. The van der Waals surface area contributed by atoms with Gasteiger partial charge in [-0.3, -0.25) is 0 Å². The minimum absolute atomic E-state index is 0.600. The van der Waals surface area contributed by atoms with Crippen molar-refractivity contribution < 1.29 is 4.74 Å². The molecule has 0 aromatic carbocycles. The van der Waals surface area contributed by atoms with E-state index in [9.17, 15) is 0 Å². The van der Waals surface area contributed by atoms with E-state index in [-0.39, 0.29) is 0 Å². The maximum absolute atomic E-state index is 5.30. The Morgan fingerprint density at radius 2 is 2.11 bits per heavy atom. The normalized spacial score (nSPS) is 10.3. The minimum Gasteiger partial charge on any atom is -0.490 e. The topological polar surface area (TPSA) is 89.8 Å². The van der Waals surface area contributed by atoms with Crippen LogP contribution in [0.15, 0.2) is 12.7 Å². The summed E-state index contributed by atoms with van der Waals surface area (Å²) in [5.74, 6) is 2.82. The third-order valence-corrected chi connectivity index (χ3v) is 2.69. The second-order valence-corrected chi connectivity index (χ2v) is 3.89. The Morgan fingerprint density at radius 3 is 2.74 bits per heavy atom. The van der Waals surface area contributed by atoms with Crippen LogP contribution in [0.25, 0.3) is 0 Å². The maximum Gasteiger partial charge on any atom is 0.204 e. The number of anilines is 2. The average molecular weight is 263 g/mol. The predicted octanol–water partition coefficient (Wildman–Crippen LogP) is 0.310. The second kappa shape index (κ2) is 5.98. The van der Waals surface area contributed by atoms with Crippen LogP contribution in [0.5, 0.6) is 5.75 Å². The van der Waals surface area contributed by atoms with Gasteiger partial charge < -0.3 is 19.9 Å². The molecule has 0 aliphatic carbocycles. The first-order valence-electron chi connectivity index (χ1n) is 5.89. The van der Waals surface area contributed by atoms with Crippen LogP contribution in [0.3, 0.4) is 0 Å². The molecule has 0 bridgehead atoms. The lowest BCUT2D eigenvalue weighted by atomic mass is 10.4. The van der Waals surface area contributed by atoms with Gasteiger partial charge in [-0.15, -0.1) is 10.2 Å². The van der Waals surface area contributed by atoms with Gasteiger partial charge >= 0.3 is 0 Å². The molecule has 0 unspecified atom stereocenters. The summed E-state index contributed by atoms with van der Waals surface area (Å²) in [6.07, 6.45) is 3.91. The molecule has 2 rings (SSSR count). The Kier molecular flexibility index (Phi) is 4.11. The largest absolute Gasteiger partial charge is 0.490 e. The zero-order chi connectivity index (χ0) is 13.7. The van der Waals surface area contributed by atoms with Gasteiger partial charge in [0.05, 0.1) is 7.11 Å². The number of nitrogens with one attached hydrogen (secondary N) is 2. The fourth-order valence-corrected chi connectivity index (χ4v) is 1.70. The van der Waals surface area contributed by atoms with E-state index >= 15 is 0 Å². The molecule has 8 nitrogen and oxygen atoms in total. The highest BCUT2D eigenvalue weighted by Gasteiger charge is 2.10. The van der Waals surface area contributed by atoms with E-state index in [4.69, 9.17) is 4.74 Å². The molecule has 0 fully saturated rings. The summed E-state index contributed by atoms with van der Waals surface area (Å²) in [7, 11) is 5.29. The number of aromatic nitrogens is 5. The SMILES string of the molecule is CNc1ncnc(NCCc2nncn2C)c1OC. The van der Waals surface area contributed by atoms with E-state index in [2.05, 4.69) is 30.8 Å². The van der Waals surface area contributed by atoms with Crippen molar-refractivity contribution >= 4 is 11.6 Å². The third-order valence-electron chi connectivity index (χ3n) is 2.69. The monoisotopic (exact) mass is 263 g/mol. The van der Waals surface area contributed by atoms with E-state index in [1.165, 1.54) is 6.33 Å². The Bertz CT molecular complexity index is 540. The summed E-state index contributed by atoms with van der Waals surface area (Å²) in [4.78, 5) is 8.26. The van der Waals surface area contributed by atoms with E-state index in [0.29, 0.717) is 23.9 Å². The Hall–Kier alpha value is -2.38. The fourth-order valence-electron chi connectivity index (χ4n) is 1.70. The molecule has 0 radical (unpaired) electrons. The van der Waals surface area contributed by atoms with Gasteiger partial charge in [0.15, 0.2) is 11.6 Å². The van der Waals surface area contributed by atoms with Gasteiger partial charge in [-0.25, -0.2) is 9.97 Å². The molecule has 102 valence electrons. The zero-order valence-corrected chi connectivity index (χ0v) is 11.2. The quantitative estimate of drug-likeness (QED) is 0.775. The summed E-state index contributed by atoms with van der Waals surface area (Å²) in [5, 5.41) is 14.0. The van der Waals surface area contributed by atoms with Crippen LogP contribution in [-0.2, 0) is 13.5 Å². The first kappa shape index (κ1) is 13.1. The van der Waals surface area contributed by atoms with Gasteiger partial charge in [-0.2, -0.15) is 0 Å². The Balaban J connectivity index is 2.01. The average Bonchev–Trinajstić information content (AvgIpc) is 2.84. The molecule has 0 saturated carbocycles. The van der Waals surface area contributed by atoms with Crippen LogP contribution in [0.4, 0.5) is 11.6 Å². The van der Waals surface area contributed by atoms with Gasteiger partial charge in [0.25, 0.3) is 0 Å². The van der Waals surface area contributed by atoms with Crippen molar-refractivity contribution in [3.8, 4) is 5.75 Å². The highest BCUT2D eigenvalue weighted by Crippen LogP contribution is 2.28. The van der Waals surface area contributed by atoms with Gasteiger partial charge in [0.2, 0.25) is 5.75 Å². The van der Waals surface area contributed by atoms with Crippen LogP contribution in [0.1, 0.15) is 5.82 Å². The van der Waals surface area contributed by atoms with Crippen molar-refractivity contribution in [3.05, 3.63) is 18.5 Å². The molecule has 0 saturated heterocycles. The maximum atomic E-state index is 5.30. The smallest absolute Gasteiger partial charge is 0.204 e. The molecular formula is C11H17N7O. The molecule has 0 atom stereocenters. The number of nitrogens with zero attached hydrogens (tertiary/aromatic N) is 5. The predicted molar refractivity (Wildman–Crippen MR) is 71.3 cm³/mol. The van der Waals surface area contributed by atoms with E-state index < -0.39 is 0 Å². The standard InChI is InChI=1S/C11H17N7O/c1-12-10-9(19-3)11(15-6-14-10)13-5-4-8-17-16-7-18(8)2/h6-7H,4-5H2,1-3H3,(H2,12,13,14,15). The minimum atomic E-state index is 0.600. The second-order valence-electron chi connectivity index (χ2n) is 3.89. The molecule has 2 N–H and O–H groups in total. The molecule has 0 aliphatic rings. The van der Waals surface area contributed by atoms with Gasteiger partial charge in [-0.1, -0.05) is 0 Å². The number of ether oxygens (including phenoxy) is 1. The summed E-state index contributed by atoms with van der Waals surface area (Å²) in [5.41, 5.74) is 0. The van der Waals surface area contributed by atoms with E-state index in [1.54, 1.807) is 20.5 Å². The van der Waals surface area contributed by atoms with Crippen LogP contribution in [-0.4, -0.2) is 45.4 Å².